The number of thioether (sulfide) groups is 1. The van der Waals surface area contributed by atoms with E-state index in [1.807, 2.05) is 0 Å². The molecule has 4 unspecified atom stereocenters. The van der Waals surface area contributed by atoms with Crippen LogP contribution < -0.4 is 10.6 Å². The zero-order chi connectivity index (χ0) is 21.7. The van der Waals surface area contributed by atoms with Gasteiger partial charge in [-0.05, 0) is 36.5 Å². The van der Waals surface area contributed by atoms with Gasteiger partial charge in [0, 0.05) is 25.3 Å². The van der Waals surface area contributed by atoms with Crippen molar-refractivity contribution in [1.82, 2.24) is 10.6 Å². The average molecular weight is 429 g/mol. The summed E-state index contributed by atoms with van der Waals surface area (Å²) < 4.78 is 11.7. The molecule has 2 amide bonds. The molecule has 2 N–H and O–H groups in total. The lowest BCUT2D eigenvalue weighted by atomic mass is 9.83. The minimum Gasteiger partial charge on any atom is -0.378 e. The minimum absolute atomic E-state index is 0.00113. The number of ether oxygens (including phenoxy) is 2. The highest BCUT2D eigenvalue weighted by Gasteiger charge is 2.33. The summed E-state index contributed by atoms with van der Waals surface area (Å²) in [5, 5.41) is 6.22. The molecule has 2 saturated heterocycles. The van der Waals surface area contributed by atoms with Gasteiger partial charge in [-0.2, -0.15) is 0 Å². The maximum absolute atomic E-state index is 12.3. The number of nitrogens with one attached hydrogen (secondary N) is 2. The SMILES string of the molecule is CC(C)(C)C1CC(NC(=O)CSCC(=O)NC2CCOC(C(C)(C)C)C2)CCO1. The van der Waals surface area contributed by atoms with Crippen LogP contribution in [0, 0.1) is 10.8 Å². The van der Waals surface area contributed by atoms with Gasteiger partial charge in [0.25, 0.3) is 0 Å². The molecule has 7 heteroatoms. The van der Waals surface area contributed by atoms with Gasteiger partial charge in [-0.15, -0.1) is 11.8 Å². The normalized spacial score (nSPS) is 28.6. The molecule has 29 heavy (non-hydrogen) atoms. The number of amides is 2. The monoisotopic (exact) mass is 428 g/mol. The van der Waals surface area contributed by atoms with Crippen molar-refractivity contribution in [2.45, 2.75) is 91.5 Å². The van der Waals surface area contributed by atoms with Crippen LogP contribution in [0.2, 0.25) is 0 Å². The molecule has 2 fully saturated rings. The standard InChI is InChI=1S/C22H40N2O4S/c1-21(2,3)17-11-15(7-9-27-17)23-19(25)13-29-14-20(26)24-16-8-10-28-18(12-16)22(4,5)6/h15-18H,7-14H2,1-6H3,(H,23,25)(H,24,26). The number of carbonyl (C=O) groups excluding carboxylic acids is 2. The fourth-order valence-electron chi connectivity index (χ4n) is 3.84. The summed E-state index contributed by atoms with van der Waals surface area (Å²) in [5.74, 6) is 0.620. The molecule has 6 nitrogen and oxygen atoms in total. The fourth-order valence-corrected chi connectivity index (χ4v) is 4.48. The van der Waals surface area contributed by atoms with Gasteiger partial charge in [-0.3, -0.25) is 9.59 Å². The topological polar surface area (TPSA) is 76.7 Å². The molecule has 0 bridgehead atoms. The van der Waals surface area contributed by atoms with Gasteiger partial charge in [-0.25, -0.2) is 0 Å². The van der Waals surface area contributed by atoms with Crippen molar-refractivity contribution in [1.29, 1.82) is 0 Å². The molecule has 2 rings (SSSR count). The number of carbonyl (C=O) groups is 2. The van der Waals surface area contributed by atoms with E-state index in [1.165, 1.54) is 11.8 Å². The molecule has 0 radical (unpaired) electrons. The second kappa shape index (κ2) is 10.5. The Kier molecular flexibility index (Phi) is 8.86. The number of hydrogen-bond acceptors (Lipinski definition) is 5. The fraction of sp³-hybridized carbons (Fsp3) is 0.909. The quantitative estimate of drug-likeness (QED) is 0.680. The lowest BCUT2D eigenvalue weighted by Crippen LogP contribution is -2.47. The third-order valence-corrected chi connectivity index (χ3v) is 6.63. The molecule has 2 aliphatic rings. The van der Waals surface area contributed by atoms with Crippen molar-refractivity contribution >= 4 is 23.6 Å². The summed E-state index contributed by atoms with van der Waals surface area (Å²) in [5.41, 5.74) is 0.152. The molecule has 2 aliphatic heterocycles. The van der Waals surface area contributed by atoms with Gasteiger partial charge in [0.1, 0.15) is 0 Å². The molecule has 0 saturated carbocycles. The first kappa shape index (κ1) is 24.5. The van der Waals surface area contributed by atoms with Crippen molar-refractivity contribution in [3.63, 3.8) is 0 Å². The number of rotatable bonds is 6. The first-order valence-electron chi connectivity index (χ1n) is 10.8. The highest BCUT2D eigenvalue weighted by atomic mass is 32.2. The molecular formula is C22H40N2O4S. The Morgan fingerprint density at radius 1 is 0.793 bits per heavy atom. The van der Waals surface area contributed by atoms with Crippen LogP contribution in [0.4, 0.5) is 0 Å². The predicted octanol–water partition coefficient (Wildman–Crippen LogP) is 3.14. The van der Waals surface area contributed by atoms with Crippen LogP contribution in [0.5, 0.6) is 0 Å². The summed E-state index contributed by atoms with van der Waals surface area (Å²) in [7, 11) is 0. The predicted molar refractivity (Wildman–Crippen MR) is 118 cm³/mol. The summed E-state index contributed by atoms with van der Waals surface area (Å²) in [6.07, 6.45) is 3.72. The van der Waals surface area contributed by atoms with Crippen LogP contribution in [0.1, 0.15) is 67.2 Å². The Morgan fingerprint density at radius 2 is 1.17 bits per heavy atom. The summed E-state index contributed by atoms with van der Waals surface area (Å²) in [4.78, 5) is 24.5. The molecule has 0 aliphatic carbocycles. The highest BCUT2D eigenvalue weighted by molar-refractivity contribution is 8.00. The van der Waals surface area contributed by atoms with E-state index in [2.05, 4.69) is 52.2 Å². The van der Waals surface area contributed by atoms with Crippen LogP contribution in [0.3, 0.4) is 0 Å². The molecule has 0 aromatic rings. The van der Waals surface area contributed by atoms with Gasteiger partial charge in [0.2, 0.25) is 11.8 Å². The van der Waals surface area contributed by atoms with E-state index >= 15 is 0 Å². The van der Waals surface area contributed by atoms with Crippen LogP contribution in [0.25, 0.3) is 0 Å². The minimum atomic E-state index is 0.00113. The highest BCUT2D eigenvalue weighted by Crippen LogP contribution is 2.30. The lowest BCUT2D eigenvalue weighted by molar-refractivity contribution is -0.121. The van der Waals surface area contributed by atoms with Crippen LogP contribution in [-0.4, -0.2) is 60.8 Å². The molecular weight excluding hydrogens is 388 g/mol. The first-order chi connectivity index (χ1) is 13.4. The maximum Gasteiger partial charge on any atom is 0.230 e. The zero-order valence-electron chi connectivity index (χ0n) is 19.0. The Hall–Kier alpha value is -0.790. The van der Waals surface area contributed by atoms with Crippen LogP contribution in [-0.2, 0) is 19.1 Å². The van der Waals surface area contributed by atoms with Gasteiger partial charge >= 0.3 is 0 Å². The molecule has 0 aromatic carbocycles. The van der Waals surface area contributed by atoms with Crippen molar-refractivity contribution in [2.24, 2.45) is 10.8 Å². The van der Waals surface area contributed by atoms with Crippen molar-refractivity contribution in [2.75, 3.05) is 24.7 Å². The van der Waals surface area contributed by atoms with Crippen molar-refractivity contribution < 1.29 is 19.1 Å². The van der Waals surface area contributed by atoms with E-state index < -0.39 is 0 Å². The third kappa shape index (κ3) is 8.46. The van der Waals surface area contributed by atoms with E-state index in [0.29, 0.717) is 24.7 Å². The molecule has 0 aromatic heterocycles. The third-order valence-electron chi connectivity index (χ3n) is 5.70. The van der Waals surface area contributed by atoms with Gasteiger partial charge < -0.3 is 20.1 Å². The summed E-state index contributed by atoms with van der Waals surface area (Å²) in [6.45, 7) is 14.4. The van der Waals surface area contributed by atoms with E-state index in [1.54, 1.807) is 0 Å². The molecule has 2 heterocycles. The van der Waals surface area contributed by atoms with Crippen molar-refractivity contribution in [3.05, 3.63) is 0 Å². The van der Waals surface area contributed by atoms with Gasteiger partial charge in [0.05, 0.1) is 23.7 Å². The van der Waals surface area contributed by atoms with Crippen LogP contribution in [0.15, 0.2) is 0 Å². The second-order valence-corrected chi connectivity index (χ2v) is 11.5. The second-order valence-electron chi connectivity index (χ2n) is 10.5. The van der Waals surface area contributed by atoms with Gasteiger partial charge in [0.15, 0.2) is 0 Å². The Bertz CT molecular complexity index is 508. The first-order valence-corrected chi connectivity index (χ1v) is 12.0. The van der Waals surface area contributed by atoms with Gasteiger partial charge in [-0.1, -0.05) is 41.5 Å². The Balaban J connectivity index is 1.65. The molecule has 4 atom stereocenters. The lowest BCUT2D eigenvalue weighted by Gasteiger charge is -2.38. The average Bonchev–Trinajstić information content (AvgIpc) is 2.60. The largest absolute Gasteiger partial charge is 0.378 e. The molecule has 168 valence electrons. The Morgan fingerprint density at radius 3 is 1.52 bits per heavy atom. The Labute approximate surface area is 180 Å². The van der Waals surface area contributed by atoms with E-state index in [9.17, 15) is 9.59 Å². The summed E-state index contributed by atoms with van der Waals surface area (Å²) >= 11 is 1.37. The smallest absolute Gasteiger partial charge is 0.230 e. The number of hydrogen-bond donors (Lipinski definition) is 2. The van der Waals surface area contributed by atoms with Crippen molar-refractivity contribution in [3.8, 4) is 0 Å². The van der Waals surface area contributed by atoms with E-state index in [0.717, 1.165) is 25.7 Å². The van der Waals surface area contributed by atoms with Crippen LogP contribution >= 0.6 is 11.8 Å². The van der Waals surface area contributed by atoms with E-state index in [4.69, 9.17) is 9.47 Å². The summed E-state index contributed by atoms with van der Waals surface area (Å²) in [6, 6.07) is 0.318. The maximum atomic E-state index is 12.3. The molecule has 0 spiro atoms. The van der Waals surface area contributed by atoms with E-state index in [-0.39, 0.29) is 46.9 Å². The zero-order valence-corrected chi connectivity index (χ0v) is 19.8.